The van der Waals surface area contributed by atoms with Crippen molar-refractivity contribution in [1.82, 2.24) is 10.2 Å². The fraction of sp³-hybridized carbons (Fsp3) is 0.533. The summed E-state index contributed by atoms with van der Waals surface area (Å²) in [6.07, 6.45) is 0. The highest BCUT2D eigenvalue weighted by Crippen LogP contribution is 2.14. The first kappa shape index (κ1) is 15.7. The molecule has 0 radical (unpaired) electrons. The molecule has 4 nitrogen and oxygen atoms in total. The van der Waals surface area contributed by atoms with Crippen molar-refractivity contribution in [3.05, 3.63) is 35.9 Å². The van der Waals surface area contributed by atoms with Crippen molar-refractivity contribution in [2.24, 2.45) is 5.92 Å². The molecular weight excluding hydrogens is 240 g/mol. The van der Waals surface area contributed by atoms with Gasteiger partial charge in [0.2, 0.25) is 5.91 Å². The number of nitrogens with zero attached hydrogens (tertiary/aromatic N) is 1. The van der Waals surface area contributed by atoms with E-state index in [9.17, 15) is 9.90 Å². The first-order chi connectivity index (χ1) is 8.97. The first-order valence-electron chi connectivity index (χ1n) is 6.60. The number of amides is 1. The highest BCUT2D eigenvalue weighted by molar-refractivity contribution is 5.82. The van der Waals surface area contributed by atoms with Crippen molar-refractivity contribution in [2.45, 2.75) is 25.9 Å². The number of aliphatic hydroxyl groups excluding tert-OH is 1. The number of hydrogen-bond acceptors (Lipinski definition) is 3. The Morgan fingerprint density at radius 1 is 1.26 bits per heavy atom. The van der Waals surface area contributed by atoms with E-state index in [2.05, 4.69) is 5.32 Å². The van der Waals surface area contributed by atoms with Crippen molar-refractivity contribution >= 4 is 5.91 Å². The zero-order valence-electron chi connectivity index (χ0n) is 12.1. The van der Waals surface area contributed by atoms with Gasteiger partial charge in [-0.25, -0.2) is 0 Å². The van der Waals surface area contributed by atoms with E-state index in [4.69, 9.17) is 0 Å². The van der Waals surface area contributed by atoms with E-state index in [1.165, 1.54) is 0 Å². The Kier molecular flexibility index (Phi) is 5.99. The summed E-state index contributed by atoms with van der Waals surface area (Å²) in [6.45, 7) is 3.93. The molecule has 1 aromatic rings. The lowest BCUT2D eigenvalue weighted by molar-refractivity contribution is -0.128. The third kappa shape index (κ3) is 4.33. The van der Waals surface area contributed by atoms with E-state index in [1.807, 2.05) is 63.2 Å². The third-order valence-corrected chi connectivity index (χ3v) is 3.16. The molecule has 0 aromatic heterocycles. The smallest absolute Gasteiger partial charge is 0.238 e. The van der Waals surface area contributed by atoms with Crippen molar-refractivity contribution in [3.8, 4) is 0 Å². The van der Waals surface area contributed by atoms with Gasteiger partial charge in [0, 0.05) is 0 Å². The van der Waals surface area contributed by atoms with Crippen LogP contribution in [0.3, 0.4) is 0 Å². The second-order valence-electron chi connectivity index (χ2n) is 5.31. The van der Waals surface area contributed by atoms with Crippen LogP contribution >= 0.6 is 0 Å². The normalized spacial score (nSPS) is 14.5. The molecule has 1 rings (SSSR count). The summed E-state index contributed by atoms with van der Waals surface area (Å²) >= 11 is 0. The highest BCUT2D eigenvalue weighted by Gasteiger charge is 2.26. The van der Waals surface area contributed by atoms with Crippen molar-refractivity contribution in [1.29, 1.82) is 0 Å². The molecule has 0 aliphatic carbocycles. The molecule has 0 saturated heterocycles. The van der Waals surface area contributed by atoms with Crippen LogP contribution in [0.4, 0.5) is 0 Å². The summed E-state index contributed by atoms with van der Waals surface area (Å²) < 4.78 is 0. The quantitative estimate of drug-likeness (QED) is 0.817. The van der Waals surface area contributed by atoms with Gasteiger partial charge in [-0.2, -0.15) is 0 Å². The van der Waals surface area contributed by atoms with Crippen LogP contribution in [0, 0.1) is 5.92 Å². The van der Waals surface area contributed by atoms with Crippen molar-refractivity contribution in [3.63, 3.8) is 0 Å². The van der Waals surface area contributed by atoms with E-state index in [0.717, 1.165) is 5.56 Å². The molecule has 0 aliphatic heterocycles. The Labute approximate surface area is 115 Å². The van der Waals surface area contributed by atoms with E-state index in [-0.39, 0.29) is 30.5 Å². The molecule has 0 saturated carbocycles. The van der Waals surface area contributed by atoms with Gasteiger partial charge in [-0.05, 0) is 25.6 Å². The molecule has 0 heterocycles. The van der Waals surface area contributed by atoms with Gasteiger partial charge in [-0.1, -0.05) is 44.2 Å². The van der Waals surface area contributed by atoms with Crippen molar-refractivity contribution in [2.75, 3.05) is 20.7 Å². The predicted molar refractivity (Wildman–Crippen MR) is 76.7 cm³/mol. The molecule has 1 amide bonds. The number of likely N-dealkylation sites (N-methyl/N-ethyl adjacent to an activating group) is 1. The molecular formula is C15H24N2O2. The average molecular weight is 264 g/mol. The van der Waals surface area contributed by atoms with Gasteiger partial charge in [-0.15, -0.1) is 0 Å². The van der Waals surface area contributed by atoms with Gasteiger partial charge >= 0.3 is 0 Å². The Bertz CT molecular complexity index is 382. The van der Waals surface area contributed by atoms with E-state index >= 15 is 0 Å². The minimum atomic E-state index is -0.352. The predicted octanol–water partition coefficient (Wildman–Crippen LogP) is 1.42. The third-order valence-electron chi connectivity index (χ3n) is 3.16. The molecule has 4 heteroatoms. The van der Waals surface area contributed by atoms with E-state index in [1.54, 1.807) is 0 Å². The molecule has 2 atom stereocenters. The maximum Gasteiger partial charge on any atom is 0.238 e. The minimum Gasteiger partial charge on any atom is -0.394 e. The Morgan fingerprint density at radius 2 is 1.84 bits per heavy atom. The topological polar surface area (TPSA) is 52.6 Å². The Balaban J connectivity index is 2.78. The van der Waals surface area contributed by atoms with Crippen LogP contribution in [0.15, 0.2) is 30.3 Å². The number of carbonyl (C=O) groups is 1. The molecule has 0 bridgehead atoms. The molecule has 0 fully saturated rings. The maximum atomic E-state index is 12.3. The number of hydrogen-bond donors (Lipinski definition) is 2. The van der Waals surface area contributed by atoms with E-state index in [0.29, 0.717) is 0 Å². The number of rotatable bonds is 6. The number of aliphatic hydroxyl groups is 1. The summed E-state index contributed by atoms with van der Waals surface area (Å²) in [4.78, 5) is 14.2. The number of nitrogens with one attached hydrogen (secondary N) is 1. The average Bonchev–Trinajstić information content (AvgIpc) is 2.36. The lowest BCUT2D eigenvalue weighted by Gasteiger charge is -2.28. The minimum absolute atomic E-state index is 0.0529. The second-order valence-corrected chi connectivity index (χ2v) is 5.31. The van der Waals surface area contributed by atoms with Gasteiger partial charge in [0.25, 0.3) is 0 Å². The Hall–Kier alpha value is -1.39. The molecule has 19 heavy (non-hydrogen) atoms. The molecule has 0 spiro atoms. The van der Waals surface area contributed by atoms with Gasteiger partial charge in [0.05, 0.1) is 18.7 Å². The summed E-state index contributed by atoms with van der Waals surface area (Å²) in [5.74, 6) is 0.160. The lowest BCUT2D eigenvalue weighted by Crippen LogP contribution is -2.48. The molecule has 106 valence electrons. The van der Waals surface area contributed by atoms with Gasteiger partial charge < -0.3 is 10.4 Å². The van der Waals surface area contributed by atoms with Crippen LogP contribution in [0.5, 0.6) is 0 Å². The van der Waals surface area contributed by atoms with Crippen LogP contribution < -0.4 is 5.32 Å². The summed E-state index contributed by atoms with van der Waals surface area (Å²) in [5.41, 5.74) is 0.916. The molecule has 0 aliphatic rings. The zero-order chi connectivity index (χ0) is 14.4. The van der Waals surface area contributed by atoms with Crippen LogP contribution in [0.25, 0.3) is 0 Å². The van der Waals surface area contributed by atoms with Crippen LogP contribution in [-0.2, 0) is 4.79 Å². The van der Waals surface area contributed by atoms with Crippen LogP contribution in [-0.4, -0.2) is 42.7 Å². The maximum absolute atomic E-state index is 12.3. The summed E-state index contributed by atoms with van der Waals surface area (Å²) in [6, 6.07) is 8.97. The first-order valence-corrected chi connectivity index (χ1v) is 6.60. The number of carbonyl (C=O) groups excluding carboxylic acids is 1. The molecule has 2 N–H and O–H groups in total. The zero-order valence-corrected chi connectivity index (χ0v) is 12.1. The fourth-order valence-corrected chi connectivity index (χ4v) is 2.31. The van der Waals surface area contributed by atoms with Gasteiger partial charge in [0.1, 0.15) is 0 Å². The van der Waals surface area contributed by atoms with Gasteiger partial charge in [0.15, 0.2) is 0 Å². The largest absolute Gasteiger partial charge is 0.394 e. The standard InChI is InChI=1S/C15H24N2O2/c1-11(2)14(17(3)4)15(19)16-13(10-18)12-8-6-5-7-9-12/h5-9,11,13-14,18H,10H2,1-4H3,(H,16,19)/t13-,14?/m1/s1. The highest BCUT2D eigenvalue weighted by atomic mass is 16.3. The SMILES string of the molecule is CC(C)C(C(=O)N[C@H](CO)c1ccccc1)N(C)C. The van der Waals surface area contributed by atoms with E-state index < -0.39 is 0 Å². The van der Waals surface area contributed by atoms with Crippen LogP contribution in [0.1, 0.15) is 25.5 Å². The fourth-order valence-electron chi connectivity index (χ4n) is 2.31. The second kappa shape index (κ2) is 7.26. The Morgan fingerprint density at radius 3 is 2.26 bits per heavy atom. The summed E-state index contributed by atoms with van der Waals surface area (Å²) in [5, 5.41) is 12.4. The molecule has 1 unspecified atom stereocenters. The van der Waals surface area contributed by atoms with Gasteiger partial charge in [-0.3, -0.25) is 9.69 Å². The van der Waals surface area contributed by atoms with Crippen molar-refractivity contribution < 1.29 is 9.90 Å². The lowest BCUT2D eigenvalue weighted by atomic mass is 10.0. The van der Waals surface area contributed by atoms with Crippen LogP contribution in [0.2, 0.25) is 0 Å². The summed E-state index contributed by atoms with van der Waals surface area (Å²) in [7, 11) is 3.78. The monoisotopic (exact) mass is 264 g/mol. The molecule has 1 aromatic carbocycles. The number of benzene rings is 1.